The van der Waals surface area contributed by atoms with Crippen LogP contribution in [0.3, 0.4) is 0 Å². The molecule has 0 saturated carbocycles. The summed E-state index contributed by atoms with van der Waals surface area (Å²) in [6, 6.07) is 22.4. The molecule has 2 aliphatic rings. The Morgan fingerprint density at radius 1 is 0.431 bits per heavy atom. The van der Waals surface area contributed by atoms with E-state index in [1.807, 2.05) is 32.5 Å². The molecule has 65 heavy (non-hydrogen) atoms. The van der Waals surface area contributed by atoms with E-state index in [1.54, 1.807) is 22.7 Å². The van der Waals surface area contributed by atoms with E-state index in [2.05, 4.69) is 114 Å². The van der Waals surface area contributed by atoms with E-state index in [0.717, 1.165) is 79.1 Å². The maximum Gasteiger partial charge on any atom is 0.261 e. The van der Waals surface area contributed by atoms with Crippen molar-refractivity contribution >= 4 is 68.6 Å². The first kappa shape index (κ1) is 49.4. The van der Waals surface area contributed by atoms with Gasteiger partial charge in [-0.2, -0.15) is 0 Å². The van der Waals surface area contributed by atoms with Gasteiger partial charge in [0.05, 0.1) is 53.4 Å². The zero-order chi connectivity index (χ0) is 45.9. The van der Waals surface area contributed by atoms with Crippen LogP contribution in [0.5, 0.6) is 0 Å². The molecule has 0 bridgehead atoms. The predicted octanol–water partition coefficient (Wildman–Crippen LogP) is 17.5. The van der Waals surface area contributed by atoms with Crippen LogP contribution in [-0.4, -0.2) is 39.3 Å². The monoisotopic (exact) mass is 949 g/mol. The van der Waals surface area contributed by atoms with Crippen molar-refractivity contribution in [2.24, 2.45) is 11.8 Å². The molecule has 350 valence electrons. The molecule has 2 atom stereocenters. The molecule has 0 saturated heterocycles. The highest BCUT2D eigenvalue weighted by Crippen LogP contribution is 2.51. The van der Waals surface area contributed by atoms with Gasteiger partial charge in [-0.05, 0) is 106 Å². The van der Waals surface area contributed by atoms with Gasteiger partial charge in [0.15, 0.2) is 0 Å². The standard InChI is InChI=1S/C56H75N3O2S4/c1-8-13-16-17-18-19-20-21-22-23-36-57-43(45-30-26-39(6)62-45)28-29-44(57)46-32-33-47(64-46)48-34-35-50(65-48)54-52-51(55(60)59(54)38-42(12-5)25-15-10-3)53(49-31-27-40(7)63-49)58(56(52)61)37-41(11-4)24-14-9-2/h26-35,41-42H,8-25,36-38H2,1-7H3. The summed E-state index contributed by atoms with van der Waals surface area (Å²) >= 11 is 7.17. The molecule has 0 N–H and O–H groups in total. The topological polar surface area (TPSA) is 45.6 Å². The molecule has 5 aromatic heterocycles. The van der Waals surface area contributed by atoms with Crippen molar-refractivity contribution in [3.63, 3.8) is 0 Å². The highest BCUT2D eigenvalue weighted by atomic mass is 32.1. The minimum absolute atomic E-state index is 0.00303. The number of amides is 2. The Bertz CT molecular complexity index is 2400. The summed E-state index contributed by atoms with van der Waals surface area (Å²) < 4.78 is 2.58. The van der Waals surface area contributed by atoms with Crippen molar-refractivity contribution in [2.75, 3.05) is 13.1 Å². The lowest BCUT2D eigenvalue weighted by Crippen LogP contribution is -2.34. The molecule has 9 heteroatoms. The van der Waals surface area contributed by atoms with E-state index in [0.29, 0.717) is 36.1 Å². The summed E-state index contributed by atoms with van der Waals surface area (Å²) in [5.41, 5.74) is 5.51. The molecule has 7 rings (SSSR count). The normalized spacial score (nSPS) is 15.1. The van der Waals surface area contributed by atoms with Crippen LogP contribution >= 0.6 is 45.3 Å². The molecular weight excluding hydrogens is 875 g/mol. The fourth-order valence-electron chi connectivity index (χ4n) is 9.84. The van der Waals surface area contributed by atoms with Gasteiger partial charge in [0.2, 0.25) is 0 Å². The summed E-state index contributed by atoms with van der Waals surface area (Å²) in [6.07, 6.45) is 22.0. The molecule has 5 nitrogen and oxygen atoms in total. The molecule has 0 spiro atoms. The number of hydrogen-bond acceptors (Lipinski definition) is 6. The minimum atomic E-state index is -0.00303. The first-order valence-corrected chi connectivity index (χ1v) is 28.6. The maximum absolute atomic E-state index is 15.1. The Labute approximate surface area is 407 Å². The molecule has 5 aromatic rings. The Morgan fingerprint density at radius 3 is 1.28 bits per heavy atom. The Balaban J connectivity index is 1.20. The van der Waals surface area contributed by atoms with E-state index < -0.39 is 0 Å². The van der Waals surface area contributed by atoms with Gasteiger partial charge in [-0.15, -0.1) is 45.3 Å². The number of thiophene rings is 4. The van der Waals surface area contributed by atoms with Crippen LogP contribution < -0.4 is 0 Å². The molecule has 2 amide bonds. The van der Waals surface area contributed by atoms with Gasteiger partial charge in [0.25, 0.3) is 11.8 Å². The quantitative estimate of drug-likeness (QED) is 0.0469. The third kappa shape index (κ3) is 11.6. The van der Waals surface area contributed by atoms with E-state index in [4.69, 9.17) is 0 Å². The largest absolute Gasteiger partial charge is 0.339 e. The minimum Gasteiger partial charge on any atom is -0.339 e. The fraction of sp³-hybridized carbons (Fsp3) is 0.536. The number of rotatable bonds is 28. The zero-order valence-corrected chi connectivity index (χ0v) is 43.8. The highest BCUT2D eigenvalue weighted by Gasteiger charge is 2.50. The number of fused-ring (bicyclic) bond motifs is 1. The van der Waals surface area contributed by atoms with Crippen molar-refractivity contribution in [3.05, 3.63) is 91.3 Å². The average Bonchev–Trinajstić information content (AvgIpc) is 4.18. The molecular formula is C56H75N3O2S4. The Hall–Kier alpha value is -3.50. The Kier molecular flexibility index (Phi) is 18.2. The summed E-state index contributed by atoms with van der Waals surface area (Å²) in [7, 11) is 0. The molecule has 0 aliphatic carbocycles. The second kappa shape index (κ2) is 24.0. The lowest BCUT2D eigenvalue weighted by Gasteiger charge is -2.29. The summed E-state index contributed by atoms with van der Waals surface area (Å²) in [5, 5.41) is 0. The van der Waals surface area contributed by atoms with E-state index in [1.165, 1.54) is 105 Å². The van der Waals surface area contributed by atoms with Gasteiger partial charge in [-0.3, -0.25) is 9.59 Å². The van der Waals surface area contributed by atoms with Crippen LogP contribution in [0.25, 0.3) is 42.3 Å². The third-order valence-corrected chi connectivity index (χ3v) is 18.2. The smallest absolute Gasteiger partial charge is 0.261 e. The second-order valence-electron chi connectivity index (χ2n) is 18.7. The van der Waals surface area contributed by atoms with E-state index in [-0.39, 0.29) is 11.8 Å². The number of hydrogen-bond donors (Lipinski definition) is 0. The number of aromatic nitrogens is 1. The maximum atomic E-state index is 15.1. The summed E-state index contributed by atoms with van der Waals surface area (Å²) in [5.74, 6) is 0.740. The number of aryl methyl sites for hydroxylation is 2. The molecule has 7 heterocycles. The SMILES string of the molecule is CCCCCCCCCCCCn1c(-c2ccc(C)s2)ccc1-c1ccc(-c2ccc(C3=C4C(=O)N(CC(CC)CCCC)C(c5ccc(C)s5)=C4C(=O)N3CC(CC)CCCC)s2)s1. The van der Waals surface area contributed by atoms with Crippen molar-refractivity contribution in [1.29, 1.82) is 0 Å². The van der Waals surface area contributed by atoms with E-state index >= 15 is 9.59 Å². The first-order chi connectivity index (χ1) is 31.7. The van der Waals surface area contributed by atoms with Crippen LogP contribution in [0.1, 0.15) is 170 Å². The van der Waals surface area contributed by atoms with Crippen LogP contribution in [-0.2, 0) is 16.1 Å². The number of nitrogens with zero attached hydrogens (tertiary/aromatic N) is 3. The van der Waals surface area contributed by atoms with Crippen LogP contribution in [0.4, 0.5) is 0 Å². The van der Waals surface area contributed by atoms with Gasteiger partial charge in [-0.1, -0.05) is 131 Å². The number of carbonyl (C=O) groups is 2. The van der Waals surface area contributed by atoms with Crippen LogP contribution in [0.2, 0.25) is 0 Å². The number of carbonyl (C=O) groups excluding carboxylic acids is 2. The van der Waals surface area contributed by atoms with Crippen LogP contribution in [0, 0.1) is 25.7 Å². The summed E-state index contributed by atoms with van der Waals surface area (Å²) in [6.45, 7) is 17.9. The van der Waals surface area contributed by atoms with Crippen molar-refractivity contribution in [1.82, 2.24) is 14.4 Å². The lowest BCUT2D eigenvalue weighted by molar-refractivity contribution is -0.124. The van der Waals surface area contributed by atoms with Gasteiger partial charge in [0, 0.05) is 39.1 Å². The molecule has 0 fully saturated rings. The average molecular weight is 951 g/mol. The second-order valence-corrected chi connectivity index (χ2v) is 23.4. The van der Waals surface area contributed by atoms with Gasteiger partial charge >= 0.3 is 0 Å². The Morgan fingerprint density at radius 2 is 0.815 bits per heavy atom. The lowest BCUT2D eigenvalue weighted by atomic mass is 9.98. The predicted molar refractivity (Wildman–Crippen MR) is 284 cm³/mol. The van der Waals surface area contributed by atoms with Gasteiger partial charge in [-0.25, -0.2) is 0 Å². The van der Waals surface area contributed by atoms with Gasteiger partial charge < -0.3 is 14.4 Å². The van der Waals surface area contributed by atoms with Gasteiger partial charge in [0.1, 0.15) is 0 Å². The highest BCUT2D eigenvalue weighted by molar-refractivity contribution is 7.24. The molecule has 0 aromatic carbocycles. The van der Waals surface area contributed by atoms with Crippen molar-refractivity contribution < 1.29 is 9.59 Å². The van der Waals surface area contributed by atoms with Crippen molar-refractivity contribution in [2.45, 2.75) is 171 Å². The zero-order valence-electron chi connectivity index (χ0n) is 40.6. The molecule has 2 aliphatic heterocycles. The third-order valence-electron chi connectivity index (χ3n) is 13.8. The fourth-order valence-corrected chi connectivity index (χ4v) is 13.9. The number of unbranched alkanes of at least 4 members (excludes halogenated alkanes) is 11. The van der Waals surface area contributed by atoms with Crippen LogP contribution in [0.15, 0.2) is 71.8 Å². The summed E-state index contributed by atoms with van der Waals surface area (Å²) in [4.78, 5) is 43.8. The first-order valence-electron chi connectivity index (χ1n) is 25.4. The molecule has 0 radical (unpaired) electrons. The van der Waals surface area contributed by atoms with Crippen molar-refractivity contribution in [3.8, 4) is 30.9 Å². The molecule has 2 unspecified atom stereocenters. The van der Waals surface area contributed by atoms with E-state index in [9.17, 15) is 0 Å².